The molecule has 5 heterocycles. The first-order valence-corrected chi connectivity index (χ1v) is 10.7. The van der Waals surface area contributed by atoms with Gasteiger partial charge in [-0.25, -0.2) is 0 Å². The van der Waals surface area contributed by atoms with Gasteiger partial charge in [0.1, 0.15) is 5.76 Å². The van der Waals surface area contributed by atoms with Crippen molar-refractivity contribution in [1.82, 2.24) is 25.3 Å². The van der Waals surface area contributed by atoms with E-state index in [1.807, 2.05) is 12.1 Å². The van der Waals surface area contributed by atoms with Gasteiger partial charge in [-0.1, -0.05) is 0 Å². The van der Waals surface area contributed by atoms with Crippen LogP contribution in [0.15, 0.2) is 27.8 Å². The third kappa shape index (κ3) is 7.09. The highest BCUT2D eigenvalue weighted by Crippen LogP contribution is 2.15. The van der Waals surface area contributed by atoms with Crippen molar-refractivity contribution in [3.05, 3.63) is 24.2 Å². The summed E-state index contributed by atoms with van der Waals surface area (Å²) in [5.41, 5.74) is 0. The third-order valence-corrected chi connectivity index (χ3v) is 5.92. The van der Waals surface area contributed by atoms with E-state index >= 15 is 0 Å². The van der Waals surface area contributed by atoms with E-state index < -0.39 is 0 Å². The second-order valence-corrected chi connectivity index (χ2v) is 7.82. The summed E-state index contributed by atoms with van der Waals surface area (Å²) in [6, 6.07) is 4.50. The largest absolute Gasteiger partial charge is 0.469 e. The van der Waals surface area contributed by atoms with Crippen molar-refractivity contribution in [2.75, 3.05) is 85.2 Å². The fourth-order valence-electron chi connectivity index (χ4n) is 4.18. The van der Waals surface area contributed by atoms with Crippen LogP contribution < -0.4 is 10.6 Å². The summed E-state index contributed by atoms with van der Waals surface area (Å²) < 4.78 is 10.9. The Kier molecular flexibility index (Phi) is 9.50. The molecule has 9 heteroatoms. The summed E-state index contributed by atoms with van der Waals surface area (Å²) >= 11 is 0. The summed E-state index contributed by atoms with van der Waals surface area (Å²) in [7, 11) is 0. The predicted octanol–water partition coefficient (Wildman–Crippen LogP) is 0.307. The number of nitrogens with zero attached hydrogens (tertiary/aromatic N) is 4. The van der Waals surface area contributed by atoms with Crippen LogP contribution in [-0.4, -0.2) is 112 Å². The van der Waals surface area contributed by atoms with Crippen LogP contribution in [0.4, 0.5) is 0 Å². The normalized spacial score (nSPS) is 27.4. The number of aliphatic imine (C=N–C) groups is 1. The predicted molar refractivity (Wildman–Crippen MR) is 125 cm³/mol. The minimum absolute atomic E-state index is 0. The molecule has 8 nitrogen and oxygen atoms in total. The molecular formula is C20H35IN6O2. The summed E-state index contributed by atoms with van der Waals surface area (Å²) in [5, 5.41) is 7.01. The molecule has 0 radical (unpaired) electrons. The first-order chi connectivity index (χ1) is 13.9. The lowest BCUT2D eigenvalue weighted by Crippen LogP contribution is -2.62. The lowest BCUT2D eigenvalue weighted by atomic mass is 10.1. The van der Waals surface area contributed by atoms with E-state index in [-0.39, 0.29) is 24.0 Å². The van der Waals surface area contributed by atoms with E-state index in [0.29, 0.717) is 6.04 Å². The van der Waals surface area contributed by atoms with Crippen LogP contribution in [0, 0.1) is 0 Å². The summed E-state index contributed by atoms with van der Waals surface area (Å²) in [6.45, 7) is 13.3. The number of ether oxygens (including phenoxy) is 1. The van der Waals surface area contributed by atoms with Crippen molar-refractivity contribution in [2.24, 2.45) is 4.99 Å². The molecule has 0 amide bonds. The number of guanidine groups is 1. The Morgan fingerprint density at radius 1 is 1.07 bits per heavy atom. The highest BCUT2D eigenvalue weighted by Gasteiger charge is 2.31. The van der Waals surface area contributed by atoms with Crippen molar-refractivity contribution in [2.45, 2.75) is 12.5 Å². The monoisotopic (exact) mass is 518 g/mol. The number of hydrogen-bond acceptors (Lipinski definition) is 6. The summed E-state index contributed by atoms with van der Waals surface area (Å²) in [5.74, 6) is 1.92. The van der Waals surface area contributed by atoms with Crippen LogP contribution in [0.2, 0.25) is 0 Å². The minimum Gasteiger partial charge on any atom is -0.469 e. The molecule has 2 N–H and O–H groups in total. The minimum atomic E-state index is 0. The summed E-state index contributed by atoms with van der Waals surface area (Å²) in [6.07, 6.45) is 2.59. The number of nitrogens with one attached hydrogen (secondary N) is 2. The number of hydrogen-bond donors (Lipinski definition) is 2. The molecule has 1 unspecified atom stereocenters. The van der Waals surface area contributed by atoms with Crippen molar-refractivity contribution in [1.29, 1.82) is 0 Å². The Bertz CT molecular complexity index is 600. The Morgan fingerprint density at radius 2 is 1.86 bits per heavy atom. The molecule has 0 saturated carbocycles. The quantitative estimate of drug-likeness (QED) is 0.292. The fourth-order valence-corrected chi connectivity index (χ4v) is 4.18. The second-order valence-electron chi connectivity index (χ2n) is 7.82. The molecule has 1 aromatic rings. The highest BCUT2D eigenvalue weighted by atomic mass is 127. The first-order valence-electron chi connectivity index (χ1n) is 10.7. The van der Waals surface area contributed by atoms with Gasteiger partial charge in [-0.05, 0) is 12.1 Å². The van der Waals surface area contributed by atoms with E-state index in [2.05, 4.69) is 25.3 Å². The van der Waals surface area contributed by atoms with Crippen molar-refractivity contribution in [3.63, 3.8) is 0 Å². The van der Waals surface area contributed by atoms with Gasteiger partial charge in [0.25, 0.3) is 0 Å². The SMILES string of the molecule is I.c1coc(CCNC(=NCC2CN3CCN2CC3)NCCN2CCOCC2)c1. The lowest BCUT2D eigenvalue weighted by molar-refractivity contribution is 0.0174. The van der Waals surface area contributed by atoms with Gasteiger partial charge in [0, 0.05) is 77.9 Å². The van der Waals surface area contributed by atoms with Crippen LogP contribution in [0.3, 0.4) is 0 Å². The van der Waals surface area contributed by atoms with Gasteiger partial charge in [0.15, 0.2) is 5.96 Å². The molecular weight excluding hydrogens is 483 g/mol. The molecule has 0 spiro atoms. The molecule has 2 bridgehead atoms. The van der Waals surface area contributed by atoms with E-state index in [9.17, 15) is 0 Å². The molecule has 1 aromatic heterocycles. The number of rotatable bonds is 8. The maximum Gasteiger partial charge on any atom is 0.191 e. The maximum absolute atomic E-state index is 5.43. The first kappa shape index (κ1) is 22.8. The third-order valence-electron chi connectivity index (χ3n) is 5.92. The number of morpholine rings is 1. The molecule has 4 saturated heterocycles. The maximum atomic E-state index is 5.43. The highest BCUT2D eigenvalue weighted by molar-refractivity contribution is 14.0. The molecule has 0 aliphatic carbocycles. The number of fused-ring (bicyclic) bond motifs is 3. The average Bonchev–Trinajstić information content (AvgIpc) is 3.27. The number of halogens is 1. The van der Waals surface area contributed by atoms with Gasteiger partial charge in [0.2, 0.25) is 0 Å². The van der Waals surface area contributed by atoms with Gasteiger partial charge < -0.3 is 19.8 Å². The van der Waals surface area contributed by atoms with Crippen LogP contribution in [0.1, 0.15) is 5.76 Å². The number of piperazine rings is 3. The standard InChI is InChI=1S/C20H34N6O2.HI/c1-2-19(28-13-1)3-4-21-20(22-5-6-24-11-14-27-15-12-24)23-16-18-17-25-7-9-26(18)10-8-25;/h1-2,13,18H,3-12,14-17H2,(H2,21,22,23);1H. The second kappa shape index (κ2) is 12.1. The molecule has 4 aliphatic heterocycles. The van der Waals surface area contributed by atoms with Crippen LogP contribution in [0.5, 0.6) is 0 Å². The zero-order valence-electron chi connectivity index (χ0n) is 17.2. The van der Waals surface area contributed by atoms with E-state index in [4.69, 9.17) is 14.1 Å². The van der Waals surface area contributed by atoms with Gasteiger partial charge in [-0.15, -0.1) is 24.0 Å². The molecule has 1 atom stereocenters. The topological polar surface area (TPSA) is 68.5 Å². The van der Waals surface area contributed by atoms with E-state index in [1.54, 1.807) is 6.26 Å². The van der Waals surface area contributed by atoms with Crippen molar-refractivity contribution >= 4 is 29.9 Å². The Labute approximate surface area is 191 Å². The van der Waals surface area contributed by atoms with Crippen LogP contribution >= 0.6 is 24.0 Å². The Balaban J connectivity index is 0.00000240. The van der Waals surface area contributed by atoms with Gasteiger partial charge in [-0.3, -0.25) is 19.7 Å². The van der Waals surface area contributed by atoms with Crippen molar-refractivity contribution < 1.29 is 9.15 Å². The molecule has 4 aliphatic rings. The molecule has 5 rings (SSSR count). The van der Waals surface area contributed by atoms with E-state index in [1.165, 1.54) is 26.2 Å². The van der Waals surface area contributed by atoms with Gasteiger partial charge in [0.05, 0.1) is 26.0 Å². The lowest BCUT2D eigenvalue weighted by Gasteiger charge is -2.47. The van der Waals surface area contributed by atoms with Crippen LogP contribution in [0.25, 0.3) is 0 Å². The fraction of sp³-hybridized carbons (Fsp3) is 0.750. The average molecular weight is 518 g/mol. The number of furan rings is 1. The molecule has 164 valence electrons. The zero-order valence-corrected chi connectivity index (χ0v) is 19.6. The Morgan fingerprint density at radius 3 is 2.55 bits per heavy atom. The zero-order chi connectivity index (χ0) is 19.0. The van der Waals surface area contributed by atoms with Crippen molar-refractivity contribution in [3.8, 4) is 0 Å². The van der Waals surface area contributed by atoms with Gasteiger partial charge >= 0.3 is 0 Å². The molecule has 0 aromatic carbocycles. The Hall–Kier alpha value is -0.880. The van der Waals surface area contributed by atoms with Crippen LogP contribution in [-0.2, 0) is 11.2 Å². The van der Waals surface area contributed by atoms with E-state index in [0.717, 1.165) is 77.2 Å². The summed E-state index contributed by atoms with van der Waals surface area (Å²) in [4.78, 5) is 12.5. The molecule has 4 fully saturated rings. The molecule has 29 heavy (non-hydrogen) atoms. The van der Waals surface area contributed by atoms with Gasteiger partial charge in [-0.2, -0.15) is 0 Å². The smallest absolute Gasteiger partial charge is 0.191 e.